The van der Waals surface area contributed by atoms with Crippen LogP contribution in [0.2, 0.25) is 0 Å². The fraction of sp³-hybridized carbons (Fsp3) is 0.318. The second kappa shape index (κ2) is 7.55. The first-order valence-corrected chi connectivity index (χ1v) is 9.79. The van der Waals surface area contributed by atoms with E-state index < -0.39 is 10.5 Å². The zero-order valence-corrected chi connectivity index (χ0v) is 17.1. The van der Waals surface area contributed by atoms with E-state index in [1.807, 2.05) is 39.0 Å². The molecule has 8 heteroatoms. The van der Waals surface area contributed by atoms with Crippen LogP contribution >= 0.6 is 0 Å². The number of hydrogen-bond acceptors (Lipinski definition) is 6. The van der Waals surface area contributed by atoms with Gasteiger partial charge in [-0.05, 0) is 38.5 Å². The number of nitrogens with zero attached hydrogens (tertiary/aromatic N) is 2. The lowest BCUT2D eigenvalue weighted by Gasteiger charge is -2.39. The molecule has 8 nitrogen and oxygen atoms in total. The second-order valence-electron chi connectivity index (χ2n) is 7.68. The monoisotopic (exact) mass is 409 g/mol. The van der Waals surface area contributed by atoms with Gasteiger partial charge in [-0.25, -0.2) is 0 Å². The van der Waals surface area contributed by atoms with Crippen molar-refractivity contribution in [1.29, 1.82) is 0 Å². The Bertz CT molecular complexity index is 1060. The lowest BCUT2D eigenvalue weighted by Crippen LogP contribution is -2.42. The molecular weight excluding hydrogens is 386 g/mol. The van der Waals surface area contributed by atoms with Crippen molar-refractivity contribution in [2.45, 2.75) is 32.9 Å². The third-order valence-electron chi connectivity index (χ3n) is 5.39. The molecule has 0 aromatic heterocycles. The molecule has 2 heterocycles. The first-order chi connectivity index (χ1) is 14.3. The van der Waals surface area contributed by atoms with Crippen molar-refractivity contribution in [3.8, 4) is 5.75 Å². The Kier molecular flexibility index (Phi) is 5.05. The molecule has 2 aromatic rings. The lowest BCUT2D eigenvalue weighted by atomic mass is 9.88. The van der Waals surface area contributed by atoms with Gasteiger partial charge in [-0.2, -0.15) is 5.48 Å². The number of hydroxylamine groups is 1. The molecule has 30 heavy (non-hydrogen) atoms. The Hall–Kier alpha value is -3.23. The topological polar surface area (TPSA) is 93.9 Å². The third kappa shape index (κ3) is 3.34. The van der Waals surface area contributed by atoms with E-state index in [9.17, 15) is 14.9 Å². The number of ether oxygens (including phenoxy) is 1. The van der Waals surface area contributed by atoms with Crippen LogP contribution in [0.15, 0.2) is 48.0 Å². The summed E-state index contributed by atoms with van der Waals surface area (Å²) >= 11 is 0. The SMILES string of the molecule is CCONCC1=C(N2Cc3ccccc3C2=O)c2cc([N+](=O)[O-])ccc2OC1(C)C. The highest BCUT2D eigenvalue weighted by molar-refractivity contribution is 6.04. The maximum Gasteiger partial charge on any atom is 0.270 e. The average molecular weight is 409 g/mol. The van der Waals surface area contributed by atoms with Gasteiger partial charge in [0.15, 0.2) is 0 Å². The molecule has 0 atom stereocenters. The molecule has 0 saturated carbocycles. The van der Waals surface area contributed by atoms with Gasteiger partial charge in [0.2, 0.25) is 0 Å². The van der Waals surface area contributed by atoms with Crippen molar-refractivity contribution in [3.05, 3.63) is 74.8 Å². The molecule has 2 aliphatic rings. The predicted octanol–water partition coefficient (Wildman–Crippen LogP) is 3.67. The molecule has 4 rings (SSSR count). The Balaban J connectivity index is 1.90. The fourth-order valence-electron chi connectivity index (χ4n) is 3.95. The fourth-order valence-corrected chi connectivity index (χ4v) is 3.95. The summed E-state index contributed by atoms with van der Waals surface area (Å²) in [6.45, 7) is 6.85. The number of fused-ring (bicyclic) bond motifs is 2. The molecule has 2 aromatic carbocycles. The quantitative estimate of drug-likeness (QED) is 0.444. The molecule has 0 fully saturated rings. The summed E-state index contributed by atoms with van der Waals surface area (Å²) in [6.07, 6.45) is 0. The highest BCUT2D eigenvalue weighted by atomic mass is 16.6. The van der Waals surface area contributed by atoms with Crippen LogP contribution < -0.4 is 10.2 Å². The van der Waals surface area contributed by atoms with Crippen LogP contribution in [0.25, 0.3) is 5.70 Å². The highest BCUT2D eigenvalue weighted by Crippen LogP contribution is 2.45. The Morgan fingerprint density at radius 1 is 1.23 bits per heavy atom. The molecule has 0 unspecified atom stereocenters. The van der Waals surface area contributed by atoms with Crippen LogP contribution in [0.4, 0.5) is 5.69 Å². The van der Waals surface area contributed by atoms with E-state index in [-0.39, 0.29) is 11.6 Å². The van der Waals surface area contributed by atoms with Gasteiger partial charge in [-0.3, -0.25) is 14.9 Å². The molecule has 1 amide bonds. The van der Waals surface area contributed by atoms with Crippen LogP contribution in [0.3, 0.4) is 0 Å². The van der Waals surface area contributed by atoms with Crippen molar-refractivity contribution in [1.82, 2.24) is 10.4 Å². The molecular formula is C22H23N3O5. The summed E-state index contributed by atoms with van der Waals surface area (Å²) in [4.78, 5) is 31.3. The zero-order valence-electron chi connectivity index (χ0n) is 17.1. The molecule has 2 aliphatic heterocycles. The van der Waals surface area contributed by atoms with Crippen LogP contribution in [0.1, 0.15) is 42.3 Å². The number of rotatable bonds is 6. The summed E-state index contributed by atoms with van der Waals surface area (Å²) in [5, 5.41) is 11.4. The van der Waals surface area contributed by atoms with E-state index in [1.165, 1.54) is 12.1 Å². The smallest absolute Gasteiger partial charge is 0.270 e. The number of non-ortho nitro benzene ring substituents is 1. The van der Waals surface area contributed by atoms with Gasteiger partial charge in [-0.1, -0.05) is 18.2 Å². The largest absolute Gasteiger partial charge is 0.483 e. The molecule has 0 spiro atoms. The number of carbonyl (C=O) groups is 1. The average Bonchev–Trinajstić information content (AvgIpc) is 3.04. The summed E-state index contributed by atoms with van der Waals surface area (Å²) in [7, 11) is 0. The maximum absolute atomic E-state index is 13.3. The number of nitro benzene ring substituents is 1. The molecule has 0 aliphatic carbocycles. The summed E-state index contributed by atoms with van der Waals surface area (Å²) < 4.78 is 6.19. The van der Waals surface area contributed by atoms with Crippen LogP contribution in [-0.2, 0) is 11.4 Å². The van der Waals surface area contributed by atoms with Crippen molar-refractivity contribution in [3.63, 3.8) is 0 Å². The normalized spacial score (nSPS) is 16.9. The van der Waals surface area contributed by atoms with Crippen LogP contribution in [-0.4, -0.2) is 34.5 Å². The van der Waals surface area contributed by atoms with Gasteiger partial charge < -0.3 is 14.5 Å². The number of carbonyl (C=O) groups excluding carboxylic acids is 1. The van der Waals surface area contributed by atoms with Gasteiger partial charge in [0.05, 0.1) is 23.8 Å². The molecule has 156 valence electrons. The van der Waals surface area contributed by atoms with E-state index in [0.29, 0.717) is 42.3 Å². The Labute approximate surface area is 174 Å². The predicted molar refractivity (Wildman–Crippen MR) is 111 cm³/mol. The second-order valence-corrected chi connectivity index (χ2v) is 7.68. The number of amides is 1. The Morgan fingerprint density at radius 3 is 2.70 bits per heavy atom. The summed E-state index contributed by atoms with van der Waals surface area (Å²) in [5.74, 6) is 0.370. The van der Waals surface area contributed by atoms with Crippen molar-refractivity contribution in [2.75, 3.05) is 13.2 Å². The zero-order chi connectivity index (χ0) is 21.5. The van der Waals surface area contributed by atoms with Crippen molar-refractivity contribution in [2.24, 2.45) is 0 Å². The van der Waals surface area contributed by atoms with Gasteiger partial charge in [0.25, 0.3) is 11.6 Å². The molecule has 0 bridgehead atoms. The standard InChI is InChI=1S/C22H23N3O5/c1-4-29-23-12-18-20(24-13-14-7-5-6-8-16(14)21(24)26)17-11-15(25(27)28)9-10-19(17)30-22(18,2)3/h5-11,23H,4,12-13H2,1-3H3. The molecule has 0 saturated heterocycles. The van der Waals surface area contributed by atoms with E-state index in [2.05, 4.69) is 5.48 Å². The van der Waals surface area contributed by atoms with Gasteiger partial charge >= 0.3 is 0 Å². The summed E-state index contributed by atoms with van der Waals surface area (Å²) in [5.41, 5.74) is 5.59. The van der Waals surface area contributed by atoms with Crippen molar-refractivity contribution >= 4 is 17.3 Å². The highest BCUT2D eigenvalue weighted by Gasteiger charge is 2.41. The third-order valence-corrected chi connectivity index (χ3v) is 5.39. The number of nitro groups is 1. The van der Waals surface area contributed by atoms with Gasteiger partial charge in [0.1, 0.15) is 11.4 Å². The van der Waals surface area contributed by atoms with Crippen LogP contribution in [0, 0.1) is 10.1 Å². The minimum Gasteiger partial charge on any atom is -0.483 e. The van der Waals surface area contributed by atoms with Crippen molar-refractivity contribution < 1.29 is 19.3 Å². The van der Waals surface area contributed by atoms with Gasteiger partial charge in [-0.15, -0.1) is 0 Å². The summed E-state index contributed by atoms with van der Waals surface area (Å²) in [6, 6.07) is 11.9. The molecule has 1 N–H and O–H groups in total. The first-order valence-electron chi connectivity index (χ1n) is 9.79. The van der Waals surface area contributed by atoms with Gasteiger partial charge in [0, 0.05) is 35.4 Å². The minimum absolute atomic E-state index is 0.0594. The number of nitrogens with one attached hydrogen (secondary N) is 1. The number of benzene rings is 2. The maximum atomic E-state index is 13.3. The van der Waals surface area contributed by atoms with E-state index in [1.54, 1.807) is 17.0 Å². The first kappa shape index (κ1) is 20.1. The van der Waals surface area contributed by atoms with E-state index >= 15 is 0 Å². The van der Waals surface area contributed by atoms with E-state index in [4.69, 9.17) is 9.57 Å². The Morgan fingerprint density at radius 2 is 2.00 bits per heavy atom. The lowest BCUT2D eigenvalue weighted by molar-refractivity contribution is -0.384. The minimum atomic E-state index is -0.752. The van der Waals surface area contributed by atoms with E-state index in [0.717, 1.165) is 11.1 Å². The number of hydrogen-bond donors (Lipinski definition) is 1. The van der Waals surface area contributed by atoms with Crippen LogP contribution in [0.5, 0.6) is 5.75 Å². The molecule has 0 radical (unpaired) electrons.